The minimum absolute atomic E-state index is 0.00921. The first-order chi connectivity index (χ1) is 11.0. The molecular weight excluding hydrogens is 290 g/mol. The van der Waals surface area contributed by atoms with Gasteiger partial charge in [0.15, 0.2) is 0 Å². The molecule has 1 heterocycles. The number of aromatic nitrogens is 2. The Kier molecular flexibility index (Phi) is 3.36. The molecule has 0 spiro atoms. The lowest BCUT2D eigenvalue weighted by atomic mass is 9.52. The summed E-state index contributed by atoms with van der Waals surface area (Å²) in [5, 5.41) is 4.18. The van der Waals surface area contributed by atoms with Gasteiger partial charge in [0.25, 0.3) is 11.5 Å². The van der Waals surface area contributed by atoms with Crippen molar-refractivity contribution in [3.63, 3.8) is 0 Å². The molecule has 1 aromatic rings. The van der Waals surface area contributed by atoms with Crippen molar-refractivity contribution in [2.75, 3.05) is 6.54 Å². The van der Waals surface area contributed by atoms with E-state index < -0.39 is 0 Å². The maximum Gasteiger partial charge on any atom is 0.274 e. The topological polar surface area (TPSA) is 55.2 Å². The average Bonchev–Trinajstić information content (AvgIpc) is 2.49. The summed E-state index contributed by atoms with van der Waals surface area (Å²) in [5.74, 6) is 2.40. The van der Waals surface area contributed by atoms with E-state index in [2.05, 4.69) is 16.9 Å². The zero-order chi connectivity index (χ0) is 16.2. The molecule has 4 aliphatic carbocycles. The summed E-state index contributed by atoms with van der Waals surface area (Å²) in [5.41, 5.74) is 0.251. The Hall–Kier alpha value is -1.65. The van der Waals surface area contributed by atoms with Gasteiger partial charge in [0.1, 0.15) is 5.69 Å². The van der Waals surface area contributed by atoms with E-state index in [9.17, 15) is 9.59 Å². The fourth-order valence-corrected chi connectivity index (χ4v) is 5.84. The third kappa shape index (κ3) is 2.32. The van der Waals surface area contributed by atoms with E-state index in [-0.39, 0.29) is 17.0 Å². The zero-order valence-electron chi connectivity index (χ0n) is 14.0. The van der Waals surface area contributed by atoms with Gasteiger partial charge < -0.3 is 4.90 Å². The van der Waals surface area contributed by atoms with Gasteiger partial charge in [-0.15, -0.1) is 0 Å². The number of hydrogen-bond donors (Lipinski definition) is 0. The number of hydrogen-bond acceptors (Lipinski definition) is 3. The smallest absolute Gasteiger partial charge is 0.274 e. The molecule has 0 N–H and O–H groups in total. The lowest BCUT2D eigenvalue weighted by Gasteiger charge is -2.60. The van der Waals surface area contributed by atoms with Crippen molar-refractivity contribution in [3.8, 4) is 0 Å². The third-order valence-electron chi connectivity index (χ3n) is 6.32. The van der Waals surface area contributed by atoms with Gasteiger partial charge in [-0.1, -0.05) is 0 Å². The summed E-state index contributed by atoms with van der Waals surface area (Å²) < 4.78 is 1.25. The van der Waals surface area contributed by atoms with Crippen LogP contribution in [0.15, 0.2) is 16.9 Å². The van der Waals surface area contributed by atoms with Crippen molar-refractivity contribution in [1.29, 1.82) is 0 Å². The molecule has 5 nitrogen and oxygen atoms in total. The maximum absolute atomic E-state index is 13.1. The van der Waals surface area contributed by atoms with Gasteiger partial charge in [0, 0.05) is 25.2 Å². The van der Waals surface area contributed by atoms with E-state index in [1.54, 1.807) is 13.1 Å². The largest absolute Gasteiger partial charge is 0.332 e. The Balaban J connectivity index is 1.67. The molecule has 5 heteroatoms. The number of carbonyl (C=O) groups is 1. The molecule has 0 unspecified atom stereocenters. The van der Waals surface area contributed by atoms with Gasteiger partial charge in [-0.2, -0.15) is 5.10 Å². The summed E-state index contributed by atoms with van der Waals surface area (Å²) in [7, 11) is 1.60. The standard InChI is InChI=1S/C18H25N3O2/c1-3-21(17(23)15-4-5-16(22)20(2)19-15)18-9-12-6-13(10-18)8-14(7-12)11-18/h4-5,12-14H,3,6-11H2,1-2H3. The first kappa shape index (κ1) is 14.9. The van der Waals surface area contributed by atoms with E-state index in [1.807, 2.05) is 0 Å². The fourth-order valence-electron chi connectivity index (χ4n) is 5.84. The molecular formula is C18H25N3O2. The Morgan fingerprint density at radius 3 is 2.26 bits per heavy atom. The van der Waals surface area contributed by atoms with Crippen LogP contribution in [-0.2, 0) is 7.05 Å². The summed E-state index contributed by atoms with van der Waals surface area (Å²) in [6.45, 7) is 2.79. The molecule has 0 saturated heterocycles. The molecule has 1 aromatic heterocycles. The van der Waals surface area contributed by atoms with Crippen molar-refractivity contribution < 1.29 is 4.79 Å². The van der Waals surface area contributed by atoms with Crippen LogP contribution in [0.4, 0.5) is 0 Å². The minimum atomic E-state index is -0.181. The second kappa shape index (κ2) is 5.18. The lowest BCUT2D eigenvalue weighted by molar-refractivity contribution is -0.0733. The highest BCUT2D eigenvalue weighted by atomic mass is 16.2. The molecule has 4 bridgehead atoms. The molecule has 0 aliphatic heterocycles. The molecule has 0 radical (unpaired) electrons. The second-order valence-electron chi connectivity index (χ2n) is 7.87. The van der Waals surface area contributed by atoms with E-state index in [0.29, 0.717) is 5.69 Å². The number of nitrogens with zero attached hydrogens (tertiary/aromatic N) is 3. The molecule has 23 heavy (non-hydrogen) atoms. The molecule has 0 atom stereocenters. The van der Waals surface area contributed by atoms with Gasteiger partial charge in [-0.3, -0.25) is 9.59 Å². The zero-order valence-corrected chi connectivity index (χ0v) is 14.0. The van der Waals surface area contributed by atoms with Crippen LogP contribution in [0.25, 0.3) is 0 Å². The monoisotopic (exact) mass is 315 g/mol. The highest BCUT2D eigenvalue weighted by Gasteiger charge is 2.54. The van der Waals surface area contributed by atoms with Crippen LogP contribution < -0.4 is 5.56 Å². The summed E-state index contributed by atoms with van der Waals surface area (Å²) in [6, 6.07) is 3.02. The minimum Gasteiger partial charge on any atom is -0.332 e. The van der Waals surface area contributed by atoms with E-state index in [1.165, 1.54) is 30.0 Å². The molecule has 1 amide bonds. The summed E-state index contributed by atoms with van der Waals surface area (Å²) in [4.78, 5) is 26.7. The van der Waals surface area contributed by atoms with Gasteiger partial charge in [0.2, 0.25) is 0 Å². The first-order valence-corrected chi connectivity index (χ1v) is 8.87. The molecule has 5 rings (SSSR count). The van der Waals surface area contributed by atoms with E-state index in [4.69, 9.17) is 0 Å². The van der Waals surface area contributed by atoms with Crippen LogP contribution in [0, 0.1) is 17.8 Å². The Labute approximate surface area is 136 Å². The highest BCUT2D eigenvalue weighted by molar-refractivity contribution is 5.92. The van der Waals surface area contributed by atoms with Crippen molar-refractivity contribution in [2.45, 2.75) is 51.0 Å². The molecule has 4 saturated carbocycles. The van der Waals surface area contributed by atoms with Gasteiger partial charge in [0.05, 0.1) is 0 Å². The summed E-state index contributed by atoms with van der Waals surface area (Å²) in [6.07, 6.45) is 7.56. The van der Waals surface area contributed by atoms with Crippen LogP contribution >= 0.6 is 0 Å². The van der Waals surface area contributed by atoms with Gasteiger partial charge in [-0.25, -0.2) is 4.68 Å². The van der Waals surface area contributed by atoms with Crippen LogP contribution in [-0.4, -0.2) is 32.7 Å². The number of rotatable bonds is 3. The molecule has 0 aromatic carbocycles. The Morgan fingerprint density at radius 1 is 1.22 bits per heavy atom. The van der Waals surface area contributed by atoms with Gasteiger partial charge >= 0.3 is 0 Å². The van der Waals surface area contributed by atoms with Crippen molar-refractivity contribution in [3.05, 3.63) is 28.2 Å². The van der Waals surface area contributed by atoms with E-state index >= 15 is 0 Å². The number of amides is 1. The summed E-state index contributed by atoms with van der Waals surface area (Å²) >= 11 is 0. The van der Waals surface area contributed by atoms with E-state index in [0.717, 1.165) is 43.6 Å². The van der Waals surface area contributed by atoms with Gasteiger partial charge in [-0.05, 0) is 69.3 Å². The van der Waals surface area contributed by atoms with Crippen LogP contribution in [0.3, 0.4) is 0 Å². The van der Waals surface area contributed by atoms with Crippen LogP contribution in [0.5, 0.6) is 0 Å². The van der Waals surface area contributed by atoms with Crippen LogP contribution in [0.1, 0.15) is 55.9 Å². The lowest BCUT2D eigenvalue weighted by Crippen LogP contribution is -2.61. The predicted octanol–water partition coefficient (Wildman–Crippen LogP) is 2.21. The highest BCUT2D eigenvalue weighted by Crippen LogP contribution is 2.57. The van der Waals surface area contributed by atoms with Crippen molar-refractivity contribution in [2.24, 2.45) is 24.8 Å². The van der Waals surface area contributed by atoms with Crippen molar-refractivity contribution >= 4 is 5.91 Å². The molecule has 4 aliphatic rings. The predicted molar refractivity (Wildman–Crippen MR) is 87.1 cm³/mol. The average molecular weight is 315 g/mol. The second-order valence-corrected chi connectivity index (χ2v) is 7.87. The fraction of sp³-hybridized carbons (Fsp3) is 0.722. The third-order valence-corrected chi connectivity index (χ3v) is 6.32. The van der Waals surface area contributed by atoms with Crippen molar-refractivity contribution in [1.82, 2.24) is 14.7 Å². The maximum atomic E-state index is 13.1. The first-order valence-electron chi connectivity index (χ1n) is 8.87. The van der Waals surface area contributed by atoms with Crippen LogP contribution in [0.2, 0.25) is 0 Å². The SMILES string of the molecule is CCN(C(=O)c1ccc(=O)n(C)n1)C12CC3CC(CC(C3)C1)C2. The Bertz CT molecular complexity index is 658. The normalized spacial score (nSPS) is 34.6. The number of aryl methyl sites for hydroxylation is 1. The number of carbonyl (C=O) groups excluding carboxylic acids is 1. The molecule has 124 valence electrons. The quantitative estimate of drug-likeness (QED) is 0.859. The Morgan fingerprint density at radius 2 is 1.78 bits per heavy atom. The molecule has 4 fully saturated rings.